The molecule has 0 spiro atoms. The van der Waals surface area contributed by atoms with Crippen molar-refractivity contribution in [1.29, 1.82) is 0 Å². The standard InChI is InChI=1S/C24H28N4O2S/c1-17-6-7-21-20(14-17)22(27-10-8-19(25)9-11-27)15-24(26-21)28-12-13-31(29,30)23-5-3-2-4-18(23)16-28/h2-7,14-15,19H,8-13,16,25H2,1H3. The van der Waals surface area contributed by atoms with Gasteiger partial charge in [-0.05, 0) is 43.5 Å². The molecule has 2 aliphatic heterocycles. The molecule has 2 aromatic carbocycles. The number of nitrogens with two attached hydrogens (primary N) is 1. The van der Waals surface area contributed by atoms with Gasteiger partial charge in [0.2, 0.25) is 0 Å². The van der Waals surface area contributed by atoms with Crippen LogP contribution in [0.15, 0.2) is 53.4 Å². The van der Waals surface area contributed by atoms with E-state index in [-0.39, 0.29) is 11.8 Å². The van der Waals surface area contributed by atoms with E-state index in [9.17, 15) is 8.42 Å². The molecule has 2 aliphatic rings. The molecule has 1 fully saturated rings. The first-order valence-electron chi connectivity index (χ1n) is 10.9. The fourth-order valence-electron chi connectivity index (χ4n) is 4.63. The van der Waals surface area contributed by atoms with Crippen molar-refractivity contribution in [2.45, 2.75) is 37.2 Å². The Balaban J connectivity index is 1.60. The number of hydrogen-bond donors (Lipinski definition) is 1. The van der Waals surface area contributed by atoms with Crippen LogP contribution in [0.2, 0.25) is 0 Å². The summed E-state index contributed by atoms with van der Waals surface area (Å²) in [5.74, 6) is 0.916. The van der Waals surface area contributed by atoms with E-state index in [0.717, 1.165) is 53.9 Å². The van der Waals surface area contributed by atoms with Crippen molar-refractivity contribution in [2.24, 2.45) is 5.73 Å². The number of sulfone groups is 1. The van der Waals surface area contributed by atoms with Gasteiger partial charge in [-0.3, -0.25) is 0 Å². The zero-order valence-corrected chi connectivity index (χ0v) is 18.6. The maximum Gasteiger partial charge on any atom is 0.180 e. The Hall–Kier alpha value is -2.64. The third-order valence-corrected chi connectivity index (χ3v) is 8.22. The highest BCUT2D eigenvalue weighted by Gasteiger charge is 2.27. The summed E-state index contributed by atoms with van der Waals surface area (Å²) in [5, 5.41) is 1.14. The lowest BCUT2D eigenvalue weighted by atomic mass is 10.0. The van der Waals surface area contributed by atoms with E-state index in [2.05, 4.69) is 41.0 Å². The topological polar surface area (TPSA) is 79.5 Å². The number of benzene rings is 2. The minimum atomic E-state index is -3.30. The minimum Gasteiger partial charge on any atom is -0.371 e. The van der Waals surface area contributed by atoms with Crippen molar-refractivity contribution in [1.82, 2.24) is 4.98 Å². The van der Waals surface area contributed by atoms with Gasteiger partial charge in [-0.25, -0.2) is 13.4 Å². The van der Waals surface area contributed by atoms with Gasteiger partial charge < -0.3 is 15.5 Å². The Bertz CT molecular complexity index is 1230. The Morgan fingerprint density at radius 3 is 2.58 bits per heavy atom. The van der Waals surface area contributed by atoms with Crippen molar-refractivity contribution in [2.75, 3.05) is 35.2 Å². The van der Waals surface area contributed by atoms with Gasteiger partial charge in [-0.2, -0.15) is 0 Å². The number of anilines is 2. The van der Waals surface area contributed by atoms with Gasteiger partial charge >= 0.3 is 0 Å². The molecule has 5 rings (SSSR count). The number of rotatable bonds is 2. The molecule has 0 atom stereocenters. The molecule has 162 valence electrons. The van der Waals surface area contributed by atoms with Gasteiger partial charge in [0, 0.05) is 49.4 Å². The number of piperidine rings is 1. The molecule has 0 aliphatic carbocycles. The van der Waals surface area contributed by atoms with Gasteiger partial charge in [-0.15, -0.1) is 0 Å². The monoisotopic (exact) mass is 436 g/mol. The Morgan fingerprint density at radius 2 is 1.77 bits per heavy atom. The minimum absolute atomic E-state index is 0.0888. The number of aromatic nitrogens is 1. The van der Waals surface area contributed by atoms with E-state index in [4.69, 9.17) is 10.7 Å². The van der Waals surface area contributed by atoms with Crippen LogP contribution in [0.5, 0.6) is 0 Å². The SMILES string of the molecule is Cc1ccc2nc(N3CCS(=O)(=O)c4ccccc4C3)cc(N3CCC(N)CC3)c2c1. The summed E-state index contributed by atoms with van der Waals surface area (Å²) in [6.07, 6.45) is 1.95. The molecule has 6 nitrogen and oxygen atoms in total. The van der Waals surface area contributed by atoms with Crippen molar-refractivity contribution in [3.63, 3.8) is 0 Å². The number of fused-ring (bicyclic) bond motifs is 2. The molecule has 0 unspecified atom stereocenters. The fourth-order valence-corrected chi connectivity index (χ4v) is 6.13. The van der Waals surface area contributed by atoms with Gasteiger partial charge in [0.05, 0.1) is 16.2 Å². The molecule has 3 aromatic rings. The normalized spacial score (nSPS) is 19.3. The maximum absolute atomic E-state index is 12.8. The lowest BCUT2D eigenvalue weighted by molar-refractivity contribution is 0.502. The van der Waals surface area contributed by atoms with E-state index in [1.807, 2.05) is 12.1 Å². The first kappa shape index (κ1) is 20.3. The Morgan fingerprint density at radius 1 is 1.00 bits per heavy atom. The van der Waals surface area contributed by atoms with Crippen LogP contribution < -0.4 is 15.5 Å². The van der Waals surface area contributed by atoms with Gasteiger partial charge in [-0.1, -0.05) is 29.8 Å². The van der Waals surface area contributed by atoms with Crippen LogP contribution in [-0.4, -0.2) is 44.8 Å². The van der Waals surface area contributed by atoms with Gasteiger partial charge in [0.25, 0.3) is 0 Å². The van der Waals surface area contributed by atoms with E-state index in [1.165, 1.54) is 5.56 Å². The molecular formula is C24H28N4O2S. The highest BCUT2D eigenvalue weighted by Crippen LogP contribution is 2.34. The number of pyridine rings is 1. The molecule has 1 saturated heterocycles. The summed E-state index contributed by atoms with van der Waals surface area (Å²) >= 11 is 0. The second kappa shape index (κ2) is 7.80. The predicted molar refractivity (Wildman–Crippen MR) is 125 cm³/mol. The predicted octanol–water partition coefficient (Wildman–Crippen LogP) is 3.26. The van der Waals surface area contributed by atoms with E-state index >= 15 is 0 Å². The summed E-state index contributed by atoms with van der Waals surface area (Å²) in [5.41, 5.74) is 10.3. The molecule has 0 saturated carbocycles. The summed E-state index contributed by atoms with van der Waals surface area (Å²) in [6, 6.07) is 16.1. The molecule has 3 heterocycles. The van der Waals surface area contributed by atoms with Crippen molar-refractivity contribution < 1.29 is 8.42 Å². The molecule has 2 N–H and O–H groups in total. The van der Waals surface area contributed by atoms with Crippen LogP contribution in [0.1, 0.15) is 24.0 Å². The highest BCUT2D eigenvalue weighted by atomic mass is 32.2. The van der Waals surface area contributed by atoms with Crippen LogP contribution in [-0.2, 0) is 16.4 Å². The Labute approximate surface area is 183 Å². The van der Waals surface area contributed by atoms with Gasteiger partial charge in [0.15, 0.2) is 9.84 Å². The average molecular weight is 437 g/mol. The summed E-state index contributed by atoms with van der Waals surface area (Å²) in [6.45, 7) is 4.89. The van der Waals surface area contributed by atoms with Crippen LogP contribution in [0, 0.1) is 6.92 Å². The van der Waals surface area contributed by atoms with E-state index in [0.29, 0.717) is 18.0 Å². The molecule has 0 radical (unpaired) electrons. The third kappa shape index (κ3) is 3.88. The zero-order valence-electron chi connectivity index (χ0n) is 17.8. The first-order chi connectivity index (χ1) is 14.9. The van der Waals surface area contributed by atoms with Gasteiger partial charge in [0.1, 0.15) is 5.82 Å². The molecule has 0 amide bonds. The summed E-state index contributed by atoms with van der Waals surface area (Å²) in [4.78, 5) is 9.90. The quantitative estimate of drug-likeness (QED) is 0.664. The number of hydrogen-bond acceptors (Lipinski definition) is 6. The van der Waals surface area contributed by atoms with Crippen LogP contribution >= 0.6 is 0 Å². The summed E-state index contributed by atoms with van der Waals surface area (Å²) in [7, 11) is -3.30. The Kier molecular flexibility index (Phi) is 5.10. The molecular weight excluding hydrogens is 408 g/mol. The summed E-state index contributed by atoms with van der Waals surface area (Å²) < 4.78 is 25.6. The smallest absolute Gasteiger partial charge is 0.180 e. The number of aryl methyl sites for hydroxylation is 1. The van der Waals surface area contributed by atoms with E-state index in [1.54, 1.807) is 12.1 Å². The second-order valence-electron chi connectivity index (χ2n) is 8.69. The average Bonchev–Trinajstić information content (AvgIpc) is 2.90. The van der Waals surface area contributed by atoms with Crippen molar-refractivity contribution in [3.05, 3.63) is 59.7 Å². The molecule has 0 bridgehead atoms. The van der Waals surface area contributed by atoms with Crippen LogP contribution in [0.25, 0.3) is 10.9 Å². The number of nitrogens with zero attached hydrogens (tertiary/aromatic N) is 3. The van der Waals surface area contributed by atoms with Crippen molar-refractivity contribution in [3.8, 4) is 0 Å². The first-order valence-corrected chi connectivity index (χ1v) is 12.5. The van der Waals surface area contributed by atoms with Crippen molar-refractivity contribution >= 4 is 32.2 Å². The van der Waals surface area contributed by atoms with E-state index < -0.39 is 9.84 Å². The zero-order chi connectivity index (χ0) is 21.6. The van der Waals surface area contributed by atoms with Crippen LogP contribution in [0.4, 0.5) is 11.5 Å². The third-order valence-electron chi connectivity index (χ3n) is 6.43. The fraction of sp³-hybridized carbons (Fsp3) is 0.375. The molecule has 1 aromatic heterocycles. The maximum atomic E-state index is 12.8. The molecule has 7 heteroatoms. The largest absolute Gasteiger partial charge is 0.371 e. The second-order valence-corrected chi connectivity index (χ2v) is 10.8. The lowest BCUT2D eigenvalue weighted by Crippen LogP contribution is -2.40. The molecule has 31 heavy (non-hydrogen) atoms. The van der Waals surface area contributed by atoms with Crippen LogP contribution in [0.3, 0.4) is 0 Å². The lowest BCUT2D eigenvalue weighted by Gasteiger charge is -2.34. The highest BCUT2D eigenvalue weighted by molar-refractivity contribution is 7.91.